The quantitative estimate of drug-likeness (QED) is 0.869. The fourth-order valence-corrected chi connectivity index (χ4v) is 4.93. The normalized spacial score (nSPS) is 21.0. The predicted molar refractivity (Wildman–Crippen MR) is 82.0 cm³/mol. The van der Waals surface area contributed by atoms with Crippen LogP contribution < -0.4 is 5.73 Å². The lowest BCUT2D eigenvalue weighted by atomic mass is 10.0. The Labute approximate surface area is 122 Å². The van der Waals surface area contributed by atoms with Gasteiger partial charge >= 0.3 is 0 Å². The molecule has 0 radical (unpaired) electrons. The second-order valence-electron chi connectivity index (χ2n) is 5.52. The number of sulfonamides is 1. The number of nitrogens with zero attached hydrogens (tertiary/aromatic N) is 1. The molecule has 1 aliphatic rings. The van der Waals surface area contributed by atoms with E-state index in [0.29, 0.717) is 22.7 Å². The summed E-state index contributed by atoms with van der Waals surface area (Å²) < 4.78 is 27.5. The van der Waals surface area contributed by atoms with Crippen LogP contribution in [-0.2, 0) is 10.0 Å². The van der Waals surface area contributed by atoms with Crippen molar-refractivity contribution in [3.05, 3.63) is 23.8 Å². The molecule has 20 heavy (non-hydrogen) atoms. The largest absolute Gasteiger partial charge is 0.398 e. The van der Waals surface area contributed by atoms with Crippen LogP contribution in [0.25, 0.3) is 0 Å². The summed E-state index contributed by atoms with van der Waals surface area (Å²) in [7, 11) is -3.43. The molecule has 1 fully saturated rings. The first-order valence-electron chi connectivity index (χ1n) is 7.35. The van der Waals surface area contributed by atoms with E-state index in [1.807, 2.05) is 0 Å². The van der Waals surface area contributed by atoms with E-state index < -0.39 is 10.0 Å². The minimum Gasteiger partial charge on any atom is -0.398 e. The molecular formula is C15H24N2O2S. The highest BCUT2D eigenvalue weighted by molar-refractivity contribution is 7.89. The zero-order valence-corrected chi connectivity index (χ0v) is 13.1. The Bertz CT molecular complexity index is 567. The Kier molecular flexibility index (Phi) is 4.70. The standard InChI is InChI=1S/C15H24N2O2S/c1-3-7-13-8-4-5-11-17(13)20(18,19)15-10-6-9-14(16)12(15)2/h6,9-10,13H,3-5,7-8,11,16H2,1-2H3. The predicted octanol–water partition coefficient (Wildman–Crippen LogP) is 2.92. The van der Waals surface area contributed by atoms with Gasteiger partial charge in [0.15, 0.2) is 0 Å². The fraction of sp³-hybridized carbons (Fsp3) is 0.600. The van der Waals surface area contributed by atoms with Gasteiger partial charge in [0.1, 0.15) is 0 Å². The van der Waals surface area contributed by atoms with Crippen molar-refractivity contribution in [1.29, 1.82) is 0 Å². The van der Waals surface area contributed by atoms with E-state index in [4.69, 9.17) is 5.73 Å². The first kappa shape index (κ1) is 15.3. The van der Waals surface area contributed by atoms with Crippen molar-refractivity contribution < 1.29 is 8.42 Å². The molecule has 4 nitrogen and oxygen atoms in total. The number of piperidine rings is 1. The highest BCUT2D eigenvalue weighted by Gasteiger charge is 2.33. The maximum absolute atomic E-state index is 12.9. The highest BCUT2D eigenvalue weighted by Crippen LogP contribution is 2.30. The third-order valence-corrected chi connectivity index (χ3v) is 6.20. The maximum Gasteiger partial charge on any atom is 0.243 e. The van der Waals surface area contributed by atoms with Crippen molar-refractivity contribution in [1.82, 2.24) is 4.31 Å². The molecule has 1 heterocycles. The van der Waals surface area contributed by atoms with Crippen LogP contribution in [0, 0.1) is 6.92 Å². The third-order valence-electron chi connectivity index (χ3n) is 4.11. The molecule has 0 bridgehead atoms. The van der Waals surface area contributed by atoms with Crippen LogP contribution in [0.15, 0.2) is 23.1 Å². The zero-order valence-electron chi connectivity index (χ0n) is 12.3. The first-order valence-corrected chi connectivity index (χ1v) is 8.79. The molecule has 0 amide bonds. The second-order valence-corrected chi connectivity index (χ2v) is 7.38. The van der Waals surface area contributed by atoms with Gasteiger partial charge in [0.2, 0.25) is 10.0 Å². The van der Waals surface area contributed by atoms with Crippen LogP contribution >= 0.6 is 0 Å². The van der Waals surface area contributed by atoms with Crippen molar-refractivity contribution in [2.24, 2.45) is 0 Å². The molecule has 0 aromatic heterocycles. The van der Waals surface area contributed by atoms with Gasteiger partial charge in [0.25, 0.3) is 0 Å². The average molecular weight is 296 g/mol. The lowest BCUT2D eigenvalue weighted by Gasteiger charge is -2.35. The fourth-order valence-electron chi connectivity index (χ4n) is 2.95. The van der Waals surface area contributed by atoms with Crippen molar-refractivity contribution in [3.63, 3.8) is 0 Å². The van der Waals surface area contributed by atoms with Crippen molar-refractivity contribution in [3.8, 4) is 0 Å². The van der Waals surface area contributed by atoms with Gasteiger partial charge in [-0.25, -0.2) is 8.42 Å². The van der Waals surface area contributed by atoms with Crippen LogP contribution in [0.3, 0.4) is 0 Å². The van der Waals surface area contributed by atoms with Gasteiger partial charge in [-0.2, -0.15) is 4.31 Å². The summed E-state index contributed by atoms with van der Waals surface area (Å²) in [6, 6.07) is 5.26. The number of nitrogens with two attached hydrogens (primary N) is 1. The molecule has 1 aromatic carbocycles. The van der Waals surface area contributed by atoms with E-state index in [2.05, 4.69) is 6.92 Å². The first-order chi connectivity index (χ1) is 9.48. The van der Waals surface area contributed by atoms with E-state index in [1.54, 1.807) is 29.4 Å². The molecule has 1 atom stereocenters. The van der Waals surface area contributed by atoms with Gasteiger partial charge in [-0.1, -0.05) is 25.8 Å². The van der Waals surface area contributed by atoms with E-state index in [9.17, 15) is 8.42 Å². The Morgan fingerprint density at radius 2 is 2.10 bits per heavy atom. The zero-order chi connectivity index (χ0) is 14.8. The summed E-state index contributed by atoms with van der Waals surface area (Å²) in [5.41, 5.74) is 7.05. The van der Waals surface area contributed by atoms with Crippen LogP contribution in [0.2, 0.25) is 0 Å². The number of hydrogen-bond donors (Lipinski definition) is 1. The topological polar surface area (TPSA) is 63.4 Å². The van der Waals surface area contributed by atoms with E-state index in [0.717, 1.165) is 32.1 Å². The second kappa shape index (κ2) is 6.14. The maximum atomic E-state index is 12.9. The van der Waals surface area contributed by atoms with Gasteiger partial charge in [0.05, 0.1) is 4.90 Å². The van der Waals surface area contributed by atoms with Gasteiger partial charge in [-0.3, -0.25) is 0 Å². The molecule has 1 unspecified atom stereocenters. The Morgan fingerprint density at radius 3 is 2.80 bits per heavy atom. The average Bonchev–Trinajstić information content (AvgIpc) is 2.42. The Balaban J connectivity index is 2.40. The van der Waals surface area contributed by atoms with Gasteiger partial charge < -0.3 is 5.73 Å². The van der Waals surface area contributed by atoms with Crippen LogP contribution in [0.1, 0.15) is 44.6 Å². The minimum absolute atomic E-state index is 0.139. The number of benzene rings is 1. The number of hydrogen-bond acceptors (Lipinski definition) is 3. The molecule has 1 saturated heterocycles. The number of rotatable bonds is 4. The van der Waals surface area contributed by atoms with Gasteiger partial charge in [-0.05, 0) is 43.9 Å². The highest BCUT2D eigenvalue weighted by atomic mass is 32.2. The van der Waals surface area contributed by atoms with Crippen molar-refractivity contribution in [2.45, 2.75) is 56.9 Å². The summed E-state index contributed by atoms with van der Waals surface area (Å²) >= 11 is 0. The molecule has 0 saturated carbocycles. The molecule has 5 heteroatoms. The molecule has 2 rings (SSSR count). The SMILES string of the molecule is CCCC1CCCCN1S(=O)(=O)c1cccc(N)c1C. The Hall–Kier alpha value is -1.07. The molecule has 112 valence electrons. The molecule has 2 N–H and O–H groups in total. The molecular weight excluding hydrogens is 272 g/mol. The van der Waals surface area contributed by atoms with Crippen LogP contribution in [0.4, 0.5) is 5.69 Å². The summed E-state index contributed by atoms with van der Waals surface area (Å²) in [4.78, 5) is 0.362. The summed E-state index contributed by atoms with van der Waals surface area (Å²) in [5, 5.41) is 0. The number of anilines is 1. The molecule has 0 spiro atoms. The third kappa shape index (κ3) is 2.83. The van der Waals surface area contributed by atoms with Gasteiger partial charge in [0, 0.05) is 18.3 Å². The molecule has 1 aliphatic heterocycles. The monoisotopic (exact) mass is 296 g/mol. The Morgan fingerprint density at radius 1 is 1.35 bits per heavy atom. The van der Waals surface area contributed by atoms with E-state index in [1.165, 1.54) is 0 Å². The van der Waals surface area contributed by atoms with Gasteiger partial charge in [-0.15, -0.1) is 0 Å². The van der Waals surface area contributed by atoms with Crippen molar-refractivity contribution in [2.75, 3.05) is 12.3 Å². The van der Waals surface area contributed by atoms with E-state index >= 15 is 0 Å². The smallest absolute Gasteiger partial charge is 0.243 e. The lowest BCUT2D eigenvalue weighted by molar-refractivity contribution is 0.239. The van der Waals surface area contributed by atoms with Crippen molar-refractivity contribution >= 4 is 15.7 Å². The van der Waals surface area contributed by atoms with Crippen LogP contribution in [0.5, 0.6) is 0 Å². The number of nitrogen functional groups attached to an aromatic ring is 1. The summed E-state index contributed by atoms with van der Waals surface area (Å²) in [5.74, 6) is 0. The lowest BCUT2D eigenvalue weighted by Crippen LogP contribution is -2.43. The summed E-state index contributed by atoms with van der Waals surface area (Å²) in [6.07, 6.45) is 4.97. The molecule has 0 aliphatic carbocycles. The summed E-state index contributed by atoms with van der Waals surface area (Å²) in [6.45, 7) is 4.51. The van der Waals surface area contributed by atoms with Crippen LogP contribution in [-0.4, -0.2) is 25.3 Å². The van der Waals surface area contributed by atoms with E-state index in [-0.39, 0.29) is 6.04 Å². The minimum atomic E-state index is -3.43. The molecule has 1 aromatic rings.